The van der Waals surface area contributed by atoms with Crippen molar-refractivity contribution in [3.63, 3.8) is 0 Å². The Hall–Kier alpha value is -1.88. The summed E-state index contributed by atoms with van der Waals surface area (Å²) in [5.74, 6) is -1.07. The maximum Gasteiger partial charge on any atom is 0.309 e. The molecule has 2 amide bonds. The lowest BCUT2D eigenvalue weighted by Crippen LogP contribution is -3.06. The molecule has 4 N–H and O–H groups in total. The number of piperidine rings is 1. The average molecular weight is 332 g/mol. The molecule has 0 unspecified atom stereocenters. The molecule has 132 valence electrons. The van der Waals surface area contributed by atoms with E-state index in [1.807, 2.05) is 30.3 Å². The van der Waals surface area contributed by atoms with Crippen LogP contribution in [0.15, 0.2) is 30.3 Å². The summed E-state index contributed by atoms with van der Waals surface area (Å²) in [5.41, 5.74) is 1.26. The Morgan fingerprint density at radius 1 is 1.04 bits per heavy atom. The minimum absolute atomic E-state index is 0.0346. The molecule has 0 atom stereocenters. The molecular formula is C19H30N3O2+. The predicted octanol–water partition coefficient (Wildman–Crippen LogP) is 0.745. The normalized spacial score (nSPS) is 19.5. The molecule has 0 saturated carbocycles. The van der Waals surface area contributed by atoms with Crippen molar-refractivity contribution >= 4 is 11.8 Å². The lowest BCUT2D eigenvalue weighted by Gasteiger charge is -2.43. The second-order valence-corrected chi connectivity index (χ2v) is 8.19. The molecule has 0 spiro atoms. The number of rotatable bonds is 4. The first-order valence-electron chi connectivity index (χ1n) is 8.67. The molecule has 1 aliphatic heterocycles. The quantitative estimate of drug-likeness (QED) is 0.712. The summed E-state index contributed by atoms with van der Waals surface area (Å²) in [7, 11) is 0. The molecule has 0 bridgehead atoms. The molecule has 0 radical (unpaired) electrons. The summed E-state index contributed by atoms with van der Waals surface area (Å²) >= 11 is 0. The van der Waals surface area contributed by atoms with Gasteiger partial charge in [0.05, 0.1) is 11.1 Å². The van der Waals surface area contributed by atoms with Crippen molar-refractivity contribution in [1.29, 1.82) is 0 Å². The Balaban J connectivity index is 1.80. The van der Waals surface area contributed by atoms with Crippen LogP contribution in [-0.2, 0) is 16.0 Å². The zero-order valence-electron chi connectivity index (χ0n) is 15.2. The molecule has 24 heavy (non-hydrogen) atoms. The molecule has 0 aromatic heterocycles. The van der Waals surface area contributed by atoms with E-state index in [1.54, 1.807) is 0 Å². The maximum absolute atomic E-state index is 12.1. The van der Waals surface area contributed by atoms with Crippen LogP contribution >= 0.6 is 0 Å². The summed E-state index contributed by atoms with van der Waals surface area (Å²) < 4.78 is 0. The van der Waals surface area contributed by atoms with Gasteiger partial charge in [-0.2, -0.15) is 0 Å². The Morgan fingerprint density at radius 2 is 1.62 bits per heavy atom. The van der Waals surface area contributed by atoms with E-state index < -0.39 is 11.8 Å². The Kier molecular flexibility index (Phi) is 5.65. The monoisotopic (exact) mass is 332 g/mol. The number of amides is 2. The first-order chi connectivity index (χ1) is 11.2. The van der Waals surface area contributed by atoms with Crippen molar-refractivity contribution in [1.82, 2.24) is 10.6 Å². The fourth-order valence-electron chi connectivity index (χ4n) is 3.92. The summed E-state index contributed by atoms with van der Waals surface area (Å²) in [6.07, 6.45) is 2.44. The first kappa shape index (κ1) is 18.5. The Morgan fingerprint density at radius 3 is 2.21 bits per heavy atom. The van der Waals surface area contributed by atoms with Gasteiger partial charge in [0.1, 0.15) is 0 Å². The summed E-state index contributed by atoms with van der Waals surface area (Å²) in [5, 5.41) is 7.96. The summed E-state index contributed by atoms with van der Waals surface area (Å²) in [4.78, 5) is 24.1. The van der Waals surface area contributed by atoms with Gasteiger partial charge in [0.2, 0.25) is 0 Å². The van der Waals surface area contributed by atoms with Crippen molar-refractivity contribution in [2.45, 2.75) is 64.1 Å². The number of quaternary nitrogens is 1. The second-order valence-electron chi connectivity index (χ2n) is 8.19. The SMILES string of the molecule is CC1(C)CC(NC(=O)C(=O)NCCc2ccccc2)CC(C)(C)[NH2+]1. The van der Waals surface area contributed by atoms with E-state index in [0.717, 1.165) is 24.8 Å². The summed E-state index contributed by atoms with van der Waals surface area (Å²) in [6, 6.07) is 9.94. The van der Waals surface area contributed by atoms with Crippen LogP contribution in [0.5, 0.6) is 0 Å². The lowest BCUT2D eigenvalue weighted by molar-refractivity contribution is -0.787. The van der Waals surface area contributed by atoms with Crippen molar-refractivity contribution < 1.29 is 14.9 Å². The lowest BCUT2D eigenvalue weighted by atomic mass is 9.79. The van der Waals surface area contributed by atoms with Crippen LogP contribution in [0.3, 0.4) is 0 Å². The average Bonchev–Trinajstić information content (AvgIpc) is 2.44. The van der Waals surface area contributed by atoms with Gasteiger partial charge in [0.25, 0.3) is 0 Å². The van der Waals surface area contributed by atoms with Crippen LogP contribution in [-0.4, -0.2) is 35.5 Å². The van der Waals surface area contributed by atoms with E-state index in [1.165, 1.54) is 0 Å². The molecule has 5 nitrogen and oxygen atoms in total. The molecule has 5 heteroatoms. The van der Waals surface area contributed by atoms with Crippen molar-refractivity contribution in [2.75, 3.05) is 6.54 Å². The van der Waals surface area contributed by atoms with E-state index in [-0.39, 0.29) is 17.1 Å². The largest absolute Gasteiger partial charge is 0.348 e. The van der Waals surface area contributed by atoms with E-state index in [9.17, 15) is 9.59 Å². The highest BCUT2D eigenvalue weighted by Gasteiger charge is 2.42. The standard InChI is InChI=1S/C19H29N3O2/c1-18(2)12-15(13-19(3,4)22-18)21-17(24)16(23)20-11-10-14-8-6-5-7-9-14/h5-9,15,22H,10-13H2,1-4H3,(H,20,23)(H,21,24)/p+1. The van der Waals surface area contributed by atoms with Crippen molar-refractivity contribution in [2.24, 2.45) is 0 Å². The molecule has 1 aliphatic rings. The predicted molar refractivity (Wildman–Crippen MR) is 94.4 cm³/mol. The zero-order chi connectivity index (χ0) is 17.8. The van der Waals surface area contributed by atoms with E-state index in [0.29, 0.717) is 6.54 Å². The molecule has 2 rings (SSSR count). The smallest absolute Gasteiger partial charge is 0.309 e. The zero-order valence-corrected chi connectivity index (χ0v) is 15.2. The van der Waals surface area contributed by atoms with Crippen LogP contribution in [0.2, 0.25) is 0 Å². The highest BCUT2D eigenvalue weighted by atomic mass is 16.2. The molecule has 1 fully saturated rings. The van der Waals surface area contributed by atoms with Gasteiger partial charge in [-0.15, -0.1) is 0 Å². The van der Waals surface area contributed by atoms with Gasteiger partial charge >= 0.3 is 11.8 Å². The van der Waals surface area contributed by atoms with E-state index >= 15 is 0 Å². The maximum atomic E-state index is 12.1. The highest BCUT2D eigenvalue weighted by molar-refractivity contribution is 6.35. The third kappa shape index (κ3) is 5.64. The molecular weight excluding hydrogens is 302 g/mol. The van der Waals surface area contributed by atoms with Crippen LogP contribution in [0.4, 0.5) is 0 Å². The van der Waals surface area contributed by atoms with Gasteiger partial charge in [-0.3, -0.25) is 9.59 Å². The van der Waals surface area contributed by atoms with Crippen LogP contribution in [0.25, 0.3) is 0 Å². The third-order valence-corrected chi connectivity index (χ3v) is 4.41. The number of carbonyl (C=O) groups excluding carboxylic acids is 2. The van der Waals surface area contributed by atoms with Gasteiger partial charge < -0.3 is 16.0 Å². The fourth-order valence-corrected chi connectivity index (χ4v) is 3.92. The van der Waals surface area contributed by atoms with Crippen LogP contribution in [0.1, 0.15) is 46.1 Å². The topological polar surface area (TPSA) is 74.8 Å². The van der Waals surface area contributed by atoms with Crippen molar-refractivity contribution in [3.8, 4) is 0 Å². The molecule has 1 saturated heterocycles. The molecule has 1 heterocycles. The van der Waals surface area contributed by atoms with Gasteiger partial charge in [-0.05, 0) is 39.7 Å². The fraction of sp³-hybridized carbons (Fsp3) is 0.579. The molecule has 1 aromatic carbocycles. The van der Waals surface area contributed by atoms with E-state index in [4.69, 9.17) is 0 Å². The third-order valence-electron chi connectivity index (χ3n) is 4.41. The minimum atomic E-state index is -0.545. The molecule has 0 aliphatic carbocycles. The van der Waals surface area contributed by atoms with Gasteiger partial charge in [0.15, 0.2) is 0 Å². The number of benzene rings is 1. The van der Waals surface area contributed by atoms with Gasteiger partial charge in [-0.1, -0.05) is 30.3 Å². The van der Waals surface area contributed by atoms with Gasteiger partial charge in [0, 0.05) is 25.4 Å². The number of hydrogen-bond acceptors (Lipinski definition) is 2. The van der Waals surface area contributed by atoms with E-state index in [2.05, 4.69) is 43.6 Å². The van der Waals surface area contributed by atoms with Crippen LogP contribution < -0.4 is 16.0 Å². The van der Waals surface area contributed by atoms with Crippen molar-refractivity contribution in [3.05, 3.63) is 35.9 Å². The summed E-state index contributed by atoms with van der Waals surface area (Å²) in [6.45, 7) is 9.16. The number of nitrogens with two attached hydrogens (primary N) is 1. The minimum Gasteiger partial charge on any atom is -0.348 e. The Labute approximate surface area is 144 Å². The highest BCUT2D eigenvalue weighted by Crippen LogP contribution is 2.21. The number of carbonyl (C=O) groups is 2. The Bertz CT molecular complexity index is 566. The first-order valence-corrected chi connectivity index (χ1v) is 8.67. The molecule has 1 aromatic rings. The van der Waals surface area contributed by atoms with Gasteiger partial charge in [-0.25, -0.2) is 0 Å². The number of hydrogen-bond donors (Lipinski definition) is 3. The number of nitrogens with one attached hydrogen (secondary N) is 2. The van der Waals surface area contributed by atoms with Crippen LogP contribution in [0, 0.1) is 0 Å². The second kappa shape index (κ2) is 7.34.